The van der Waals surface area contributed by atoms with Crippen molar-refractivity contribution >= 4 is 12.1 Å². The van der Waals surface area contributed by atoms with Gasteiger partial charge >= 0.3 is 12.1 Å². The average Bonchev–Trinajstić information content (AvgIpc) is 3.10. The summed E-state index contributed by atoms with van der Waals surface area (Å²) in [5.74, 6) is 0. The SMILES string of the molecule is CCC(CO)N1CN2C(=O)N3CN(C(CC)CO)CN4C(=O)N(C1)C2C34. The molecule has 0 aromatic heterocycles. The Kier molecular flexibility index (Phi) is 4.46. The van der Waals surface area contributed by atoms with Gasteiger partial charge in [0.1, 0.15) is 0 Å². The number of aliphatic hydroxyl groups is 2. The molecule has 0 radical (unpaired) electrons. The van der Waals surface area contributed by atoms with Crippen LogP contribution in [0.15, 0.2) is 0 Å². The lowest BCUT2D eigenvalue weighted by molar-refractivity contribution is -0.0546. The van der Waals surface area contributed by atoms with Gasteiger partial charge in [0.25, 0.3) is 0 Å². The normalized spacial score (nSPS) is 31.1. The van der Waals surface area contributed by atoms with Crippen LogP contribution in [0.3, 0.4) is 0 Å². The van der Waals surface area contributed by atoms with E-state index >= 15 is 0 Å². The first-order valence-electron chi connectivity index (χ1n) is 9.39. The summed E-state index contributed by atoms with van der Waals surface area (Å²) in [5, 5.41) is 19.3. The number of amides is 4. The van der Waals surface area contributed by atoms with Crippen LogP contribution < -0.4 is 0 Å². The van der Waals surface area contributed by atoms with E-state index in [-0.39, 0.29) is 49.7 Å². The molecule has 4 amide bonds. The molecule has 0 aromatic rings. The van der Waals surface area contributed by atoms with Gasteiger partial charge in [-0.3, -0.25) is 29.4 Å². The van der Waals surface area contributed by atoms with Crippen molar-refractivity contribution < 1.29 is 19.8 Å². The molecule has 4 aliphatic heterocycles. The lowest BCUT2D eigenvalue weighted by Crippen LogP contribution is -2.63. The van der Waals surface area contributed by atoms with Gasteiger partial charge in [-0.25, -0.2) is 9.59 Å². The summed E-state index contributed by atoms with van der Waals surface area (Å²) in [6, 6.07) is -0.317. The summed E-state index contributed by atoms with van der Waals surface area (Å²) in [4.78, 5) is 37.1. The van der Waals surface area contributed by atoms with Gasteiger partial charge in [-0.2, -0.15) is 0 Å². The minimum atomic E-state index is -0.265. The highest BCUT2D eigenvalue weighted by Gasteiger charge is 2.63. The van der Waals surface area contributed by atoms with Crippen LogP contribution in [0.1, 0.15) is 26.7 Å². The Morgan fingerprint density at radius 1 is 0.769 bits per heavy atom. The second-order valence-electron chi connectivity index (χ2n) is 7.50. The second-order valence-corrected chi connectivity index (χ2v) is 7.50. The van der Waals surface area contributed by atoms with E-state index in [0.717, 1.165) is 12.8 Å². The molecular formula is C16H28N6O4. The zero-order chi connectivity index (χ0) is 18.6. The number of aliphatic hydroxyl groups excluding tert-OH is 2. The predicted octanol–water partition coefficient (Wildman–Crippen LogP) is -0.883. The third kappa shape index (κ3) is 2.32. The molecule has 2 atom stereocenters. The van der Waals surface area contributed by atoms with Crippen LogP contribution >= 0.6 is 0 Å². The van der Waals surface area contributed by atoms with Crippen molar-refractivity contribution in [3.8, 4) is 0 Å². The summed E-state index contributed by atoms with van der Waals surface area (Å²) in [6.45, 7) is 5.68. The van der Waals surface area contributed by atoms with Gasteiger partial charge in [0.05, 0.1) is 39.9 Å². The molecule has 4 fully saturated rings. The van der Waals surface area contributed by atoms with E-state index in [1.54, 1.807) is 19.6 Å². The Labute approximate surface area is 153 Å². The molecule has 2 N–H and O–H groups in total. The number of carbonyl (C=O) groups excluding carboxylic acids is 2. The van der Waals surface area contributed by atoms with Crippen molar-refractivity contribution in [1.29, 1.82) is 0 Å². The smallest absolute Gasteiger partial charge is 0.325 e. The van der Waals surface area contributed by atoms with Crippen LogP contribution in [-0.2, 0) is 0 Å². The summed E-state index contributed by atoms with van der Waals surface area (Å²) >= 11 is 0. The molecule has 146 valence electrons. The Balaban J connectivity index is 1.63. The first-order chi connectivity index (χ1) is 12.5. The Morgan fingerprint density at radius 2 is 1.08 bits per heavy atom. The standard InChI is InChI=1S/C16H28N6O4/c1-3-11(5-23)17-7-19-13-14-21(15(19)25)9-18(12(4-2)6-24)10-22(14)16(26)20(13)8-17/h11-14,23-24H,3-10H2,1-2H3. The van der Waals surface area contributed by atoms with Crippen LogP contribution in [0.4, 0.5) is 9.59 Å². The third-order valence-corrected chi connectivity index (χ3v) is 6.26. The van der Waals surface area contributed by atoms with Crippen molar-refractivity contribution in [1.82, 2.24) is 29.4 Å². The maximum absolute atomic E-state index is 13.0. The van der Waals surface area contributed by atoms with Crippen LogP contribution in [0.25, 0.3) is 0 Å². The molecule has 10 heteroatoms. The topological polar surface area (TPSA) is 94.0 Å². The van der Waals surface area contributed by atoms with Crippen molar-refractivity contribution in [2.24, 2.45) is 0 Å². The van der Waals surface area contributed by atoms with E-state index in [1.807, 2.05) is 23.6 Å². The van der Waals surface area contributed by atoms with Gasteiger partial charge in [-0.15, -0.1) is 0 Å². The zero-order valence-electron chi connectivity index (χ0n) is 15.4. The van der Waals surface area contributed by atoms with E-state index in [4.69, 9.17) is 0 Å². The van der Waals surface area contributed by atoms with Gasteiger partial charge in [-0.05, 0) is 12.8 Å². The second kappa shape index (κ2) is 6.52. The number of hydrogen-bond donors (Lipinski definition) is 2. The van der Waals surface area contributed by atoms with Gasteiger partial charge in [-0.1, -0.05) is 13.8 Å². The monoisotopic (exact) mass is 368 g/mol. The quantitative estimate of drug-likeness (QED) is 0.632. The summed E-state index contributed by atoms with van der Waals surface area (Å²) in [7, 11) is 0. The molecule has 0 bridgehead atoms. The van der Waals surface area contributed by atoms with Crippen molar-refractivity contribution in [3.63, 3.8) is 0 Å². The predicted molar refractivity (Wildman–Crippen MR) is 91.2 cm³/mol. The van der Waals surface area contributed by atoms with Gasteiger partial charge < -0.3 is 10.2 Å². The number of hydrogen-bond acceptors (Lipinski definition) is 6. The molecule has 10 nitrogen and oxygen atoms in total. The summed E-state index contributed by atoms with van der Waals surface area (Å²) in [5.41, 5.74) is 0. The number of rotatable bonds is 6. The van der Waals surface area contributed by atoms with E-state index < -0.39 is 0 Å². The Hall–Kier alpha value is -1.62. The minimum absolute atomic E-state index is 0.00451. The molecule has 26 heavy (non-hydrogen) atoms. The highest BCUT2D eigenvalue weighted by Crippen LogP contribution is 2.40. The number of urea groups is 2. The van der Waals surface area contributed by atoms with E-state index in [0.29, 0.717) is 26.7 Å². The fraction of sp³-hybridized carbons (Fsp3) is 0.875. The lowest BCUT2D eigenvalue weighted by Gasteiger charge is -2.45. The molecule has 0 saturated carbocycles. The van der Waals surface area contributed by atoms with E-state index in [9.17, 15) is 19.8 Å². The minimum Gasteiger partial charge on any atom is -0.395 e. The average molecular weight is 368 g/mol. The van der Waals surface area contributed by atoms with Gasteiger partial charge in [0, 0.05) is 12.1 Å². The van der Waals surface area contributed by atoms with E-state index in [2.05, 4.69) is 0 Å². The van der Waals surface area contributed by atoms with Crippen molar-refractivity contribution in [2.75, 3.05) is 39.9 Å². The molecule has 0 spiro atoms. The Bertz CT molecular complexity index is 501. The largest absolute Gasteiger partial charge is 0.395 e. The van der Waals surface area contributed by atoms with E-state index in [1.165, 1.54) is 0 Å². The highest BCUT2D eigenvalue weighted by molar-refractivity contribution is 5.85. The summed E-state index contributed by atoms with van der Waals surface area (Å²) < 4.78 is 0. The van der Waals surface area contributed by atoms with Crippen LogP contribution in [0.5, 0.6) is 0 Å². The molecule has 4 saturated heterocycles. The van der Waals surface area contributed by atoms with Crippen LogP contribution in [0.2, 0.25) is 0 Å². The lowest BCUT2D eigenvalue weighted by atomic mass is 10.2. The summed E-state index contributed by atoms with van der Waals surface area (Å²) in [6.07, 6.45) is 0.979. The number of nitrogens with zero attached hydrogens (tertiary/aromatic N) is 6. The maximum atomic E-state index is 13.0. The van der Waals surface area contributed by atoms with Gasteiger partial charge in [0.15, 0.2) is 12.3 Å². The first-order valence-corrected chi connectivity index (χ1v) is 9.39. The van der Waals surface area contributed by atoms with Gasteiger partial charge in [0.2, 0.25) is 0 Å². The molecule has 2 unspecified atom stereocenters. The third-order valence-electron chi connectivity index (χ3n) is 6.26. The molecular weight excluding hydrogens is 340 g/mol. The zero-order valence-corrected chi connectivity index (χ0v) is 15.4. The molecule has 4 rings (SSSR count). The first kappa shape index (κ1) is 17.8. The molecule has 0 aromatic carbocycles. The van der Waals surface area contributed by atoms with Crippen molar-refractivity contribution in [3.05, 3.63) is 0 Å². The van der Waals surface area contributed by atoms with Crippen molar-refractivity contribution in [2.45, 2.75) is 51.1 Å². The maximum Gasteiger partial charge on any atom is 0.325 e. The number of carbonyl (C=O) groups is 2. The Morgan fingerprint density at radius 3 is 1.31 bits per heavy atom. The highest BCUT2D eigenvalue weighted by atomic mass is 16.3. The fourth-order valence-electron chi connectivity index (χ4n) is 4.68. The molecule has 0 aliphatic carbocycles. The molecule has 4 heterocycles. The van der Waals surface area contributed by atoms with Crippen LogP contribution in [-0.4, -0.2) is 116 Å². The molecule has 4 aliphatic rings. The fourth-order valence-corrected chi connectivity index (χ4v) is 4.68. The van der Waals surface area contributed by atoms with Crippen LogP contribution in [0, 0.1) is 0 Å².